The molecule has 4 nitrogen and oxygen atoms in total. The lowest BCUT2D eigenvalue weighted by atomic mass is 10.1. The van der Waals surface area contributed by atoms with Crippen LogP contribution in [-0.4, -0.2) is 65.4 Å². The number of rotatable bonds is 4. The smallest absolute Gasteiger partial charge is 0.240 e. The summed E-state index contributed by atoms with van der Waals surface area (Å²) in [6.45, 7) is 5.94. The zero-order valence-corrected chi connectivity index (χ0v) is 15.3. The van der Waals surface area contributed by atoms with E-state index in [-0.39, 0.29) is 6.04 Å². The van der Waals surface area contributed by atoms with E-state index in [1.54, 1.807) is 0 Å². The summed E-state index contributed by atoms with van der Waals surface area (Å²) in [7, 11) is 0. The second kappa shape index (κ2) is 7.88. The fourth-order valence-electron chi connectivity index (χ4n) is 4.90. The van der Waals surface area contributed by atoms with E-state index in [0.29, 0.717) is 5.91 Å². The van der Waals surface area contributed by atoms with Gasteiger partial charge in [-0.25, -0.2) is 0 Å². The zero-order chi connectivity index (χ0) is 17.1. The van der Waals surface area contributed by atoms with Crippen molar-refractivity contribution in [1.29, 1.82) is 0 Å². The Hall–Kier alpha value is -1.39. The first-order chi connectivity index (χ1) is 12.3. The van der Waals surface area contributed by atoms with Crippen LogP contribution >= 0.6 is 0 Å². The first-order valence-electron chi connectivity index (χ1n) is 10.1. The molecule has 3 fully saturated rings. The molecule has 1 amide bonds. The lowest BCUT2D eigenvalue weighted by molar-refractivity contribution is -0.138. The lowest BCUT2D eigenvalue weighted by Gasteiger charge is -2.39. The fourth-order valence-corrected chi connectivity index (χ4v) is 4.90. The minimum atomic E-state index is 0.0956. The zero-order valence-electron chi connectivity index (χ0n) is 15.3. The molecule has 3 aliphatic rings. The summed E-state index contributed by atoms with van der Waals surface area (Å²) >= 11 is 0. The molecule has 1 unspecified atom stereocenters. The molecule has 4 heteroatoms. The van der Waals surface area contributed by atoms with Gasteiger partial charge in [0.1, 0.15) is 0 Å². The van der Waals surface area contributed by atoms with E-state index in [2.05, 4.69) is 45.0 Å². The van der Waals surface area contributed by atoms with Gasteiger partial charge in [-0.1, -0.05) is 43.2 Å². The predicted octanol–water partition coefficient (Wildman–Crippen LogP) is 2.74. The van der Waals surface area contributed by atoms with Crippen molar-refractivity contribution < 1.29 is 4.79 Å². The van der Waals surface area contributed by atoms with Gasteiger partial charge in [0.15, 0.2) is 0 Å². The summed E-state index contributed by atoms with van der Waals surface area (Å²) in [6, 6.07) is 11.5. The molecule has 0 aromatic heterocycles. The summed E-state index contributed by atoms with van der Waals surface area (Å²) in [5.41, 5.74) is 1.31. The third-order valence-corrected chi connectivity index (χ3v) is 6.34. The molecule has 1 aliphatic carbocycles. The average molecular weight is 341 g/mol. The van der Waals surface area contributed by atoms with E-state index >= 15 is 0 Å². The number of benzene rings is 1. The molecular weight excluding hydrogens is 310 g/mol. The summed E-state index contributed by atoms with van der Waals surface area (Å²) in [4.78, 5) is 20.3. The average Bonchev–Trinajstić information content (AvgIpc) is 3.34. The standard InChI is InChI=1S/C21H31N3O/c25-21(23-15-13-22(14-16-23)19-9-4-5-10-19)20-11-6-12-24(20)17-18-7-2-1-3-8-18/h1-3,7-8,19-20H,4-6,9-17H2. The van der Waals surface area contributed by atoms with Gasteiger partial charge >= 0.3 is 0 Å². The largest absolute Gasteiger partial charge is 0.339 e. The third kappa shape index (κ3) is 3.90. The topological polar surface area (TPSA) is 26.8 Å². The second-order valence-corrected chi connectivity index (χ2v) is 7.91. The number of hydrogen-bond acceptors (Lipinski definition) is 3. The Morgan fingerprint density at radius 2 is 1.60 bits per heavy atom. The van der Waals surface area contributed by atoms with Crippen LogP contribution in [0.25, 0.3) is 0 Å². The van der Waals surface area contributed by atoms with Gasteiger partial charge in [0, 0.05) is 38.8 Å². The molecule has 4 rings (SSSR count). The molecule has 2 aliphatic heterocycles. The predicted molar refractivity (Wildman–Crippen MR) is 100 cm³/mol. The van der Waals surface area contributed by atoms with Gasteiger partial charge in [0.05, 0.1) is 6.04 Å². The van der Waals surface area contributed by atoms with E-state index in [9.17, 15) is 4.79 Å². The number of likely N-dealkylation sites (tertiary alicyclic amines) is 1. The molecule has 1 atom stereocenters. The van der Waals surface area contributed by atoms with Crippen LogP contribution in [0.2, 0.25) is 0 Å². The number of hydrogen-bond donors (Lipinski definition) is 0. The number of carbonyl (C=O) groups is 1. The van der Waals surface area contributed by atoms with Crippen molar-refractivity contribution in [3.8, 4) is 0 Å². The van der Waals surface area contributed by atoms with Crippen LogP contribution in [0.1, 0.15) is 44.1 Å². The quantitative estimate of drug-likeness (QED) is 0.842. The number of piperazine rings is 1. The summed E-state index contributed by atoms with van der Waals surface area (Å²) < 4.78 is 0. The maximum Gasteiger partial charge on any atom is 0.240 e. The van der Waals surface area contributed by atoms with Crippen molar-refractivity contribution >= 4 is 5.91 Å². The lowest BCUT2D eigenvalue weighted by Crippen LogP contribution is -2.55. The Kier molecular flexibility index (Phi) is 5.37. The maximum absolute atomic E-state index is 13.1. The van der Waals surface area contributed by atoms with Crippen molar-refractivity contribution in [3.63, 3.8) is 0 Å². The van der Waals surface area contributed by atoms with Crippen LogP contribution in [-0.2, 0) is 11.3 Å². The van der Waals surface area contributed by atoms with Gasteiger partial charge in [-0.3, -0.25) is 14.6 Å². The highest BCUT2D eigenvalue weighted by Gasteiger charge is 2.35. The number of amides is 1. The summed E-state index contributed by atoms with van der Waals surface area (Å²) in [5, 5.41) is 0. The third-order valence-electron chi connectivity index (χ3n) is 6.34. The Morgan fingerprint density at radius 3 is 2.32 bits per heavy atom. The van der Waals surface area contributed by atoms with E-state index in [0.717, 1.165) is 58.2 Å². The van der Waals surface area contributed by atoms with Crippen LogP contribution in [0, 0.1) is 0 Å². The van der Waals surface area contributed by atoms with E-state index in [1.165, 1.54) is 31.2 Å². The van der Waals surface area contributed by atoms with Gasteiger partial charge in [-0.15, -0.1) is 0 Å². The van der Waals surface area contributed by atoms with Crippen LogP contribution in [0.3, 0.4) is 0 Å². The highest BCUT2D eigenvalue weighted by atomic mass is 16.2. The highest BCUT2D eigenvalue weighted by molar-refractivity contribution is 5.82. The molecule has 1 aromatic carbocycles. The maximum atomic E-state index is 13.1. The number of carbonyl (C=O) groups excluding carboxylic acids is 1. The van der Waals surface area contributed by atoms with Crippen LogP contribution in [0.4, 0.5) is 0 Å². The van der Waals surface area contributed by atoms with Gasteiger partial charge in [-0.05, 0) is 37.8 Å². The van der Waals surface area contributed by atoms with E-state index in [1.807, 2.05) is 0 Å². The van der Waals surface area contributed by atoms with Crippen molar-refractivity contribution in [3.05, 3.63) is 35.9 Å². The minimum absolute atomic E-state index is 0.0956. The highest BCUT2D eigenvalue weighted by Crippen LogP contribution is 2.26. The van der Waals surface area contributed by atoms with Crippen LogP contribution < -0.4 is 0 Å². The Morgan fingerprint density at radius 1 is 0.880 bits per heavy atom. The molecule has 0 radical (unpaired) electrons. The normalized spacial score (nSPS) is 26.4. The second-order valence-electron chi connectivity index (χ2n) is 7.91. The van der Waals surface area contributed by atoms with E-state index < -0.39 is 0 Å². The first-order valence-corrected chi connectivity index (χ1v) is 10.1. The number of nitrogens with zero attached hydrogens (tertiary/aromatic N) is 3. The van der Waals surface area contributed by atoms with Crippen LogP contribution in [0.5, 0.6) is 0 Å². The first kappa shape index (κ1) is 17.0. The molecule has 0 spiro atoms. The molecule has 1 aromatic rings. The Balaban J connectivity index is 1.32. The molecule has 2 heterocycles. The molecule has 2 saturated heterocycles. The fraction of sp³-hybridized carbons (Fsp3) is 0.667. The van der Waals surface area contributed by atoms with Gasteiger partial charge in [-0.2, -0.15) is 0 Å². The summed E-state index contributed by atoms with van der Waals surface area (Å²) in [5.74, 6) is 0.375. The van der Waals surface area contributed by atoms with Gasteiger partial charge in [0.2, 0.25) is 5.91 Å². The Bertz CT molecular complexity index is 562. The molecule has 0 N–H and O–H groups in total. The van der Waals surface area contributed by atoms with Crippen LogP contribution in [0.15, 0.2) is 30.3 Å². The monoisotopic (exact) mass is 341 g/mol. The SMILES string of the molecule is O=C(C1CCCN1Cc1ccccc1)N1CCN(C2CCCC2)CC1. The molecule has 0 bridgehead atoms. The van der Waals surface area contributed by atoms with E-state index in [4.69, 9.17) is 0 Å². The molecule has 1 saturated carbocycles. The van der Waals surface area contributed by atoms with Gasteiger partial charge < -0.3 is 4.90 Å². The molecular formula is C21H31N3O. The van der Waals surface area contributed by atoms with Gasteiger partial charge in [0.25, 0.3) is 0 Å². The van der Waals surface area contributed by atoms with Crippen molar-refractivity contribution in [2.75, 3.05) is 32.7 Å². The van der Waals surface area contributed by atoms with Crippen molar-refractivity contribution in [2.45, 2.75) is 57.2 Å². The summed E-state index contributed by atoms with van der Waals surface area (Å²) in [6.07, 6.45) is 7.67. The molecule has 25 heavy (non-hydrogen) atoms. The Labute approximate surface area is 151 Å². The minimum Gasteiger partial charge on any atom is -0.339 e. The molecule has 136 valence electrons. The van der Waals surface area contributed by atoms with Crippen molar-refractivity contribution in [1.82, 2.24) is 14.7 Å². The van der Waals surface area contributed by atoms with Crippen molar-refractivity contribution in [2.24, 2.45) is 0 Å².